The van der Waals surface area contributed by atoms with Gasteiger partial charge in [-0.1, -0.05) is 6.47 Å². The second kappa shape index (κ2) is 32.0. The number of hydrogen-bond donors (Lipinski definition) is 1. The normalized spacial score (nSPS) is 2.40. The van der Waals surface area contributed by atoms with E-state index >= 15 is 0 Å². The van der Waals surface area contributed by atoms with Gasteiger partial charge in [-0.3, -0.25) is 0 Å². The fourth-order valence-electron chi connectivity index (χ4n) is 0. The Morgan fingerprint density at radius 1 is 1.60 bits per heavy atom. The predicted octanol–water partition coefficient (Wildman–Crippen LogP) is 0.326. The van der Waals surface area contributed by atoms with Crippen molar-refractivity contribution in [1.82, 2.24) is 0 Å². The van der Waals surface area contributed by atoms with Crippen LogP contribution < -0.4 is 0 Å². The summed E-state index contributed by atoms with van der Waals surface area (Å²) in [4.78, 5) is 8.24. The van der Waals surface area contributed by atoms with E-state index in [9.17, 15) is 0 Å². The van der Waals surface area contributed by atoms with Crippen molar-refractivity contribution in [1.29, 1.82) is 0 Å². The monoisotopic (exact) mass is 245 g/mol. The Morgan fingerprint density at radius 2 is 1.60 bits per heavy atom. The van der Waals surface area contributed by atoms with Crippen LogP contribution in [0.5, 0.6) is 0 Å². The summed E-state index contributed by atoms with van der Waals surface area (Å²) in [6.45, 7) is 0.500. The Labute approximate surface area is 44.2 Å². The summed E-state index contributed by atoms with van der Waals surface area (Å²) in [5, 5.41) is 6.76. The molecular formula is CH3NO2W. The van der Waals surface area contributed by atoms with E-state index in [1.807, 2.05) is 0 Å². The van der Waals surface area contributed by atoms with Gasteiger partial charge >= 0.3 is 21.1 Å². The largest absolute Gasteiger partial charge is 2.00 e. The molecule has 4 heteroatoms. The fourth-order valence-corrected chi connectivity index (χ4v) is 0. The van der Waals surface area contributed by atoms with Crippen molar-refractivity contribution in [2.45, 2.75) is 0 Å². The average molecular weight is 245 g/mol. The van der Waals surface area contributed by atoms with E-state index in [1.54, 1.807) is 0 Å². The third-order valence-corrected chi connectivity index (χ3v) is 0. The molecule has 0 aromatic rings. The molecule has 3 nitrogen and oxygen atoms in total. The van der Waals surface area contributed by atoms with Crippen LogP contribution in [0.2, 0.25) is 0 Å². The topological polar surface area (TPSA) is 70.8 Å². The summed E-state index contributed by atoms with van der Waals surface area (Å²) in [7, 11) is 0. The molecule has 0 aliphatic rings. The first-order valence-corrected chi connectivity index (χ1v) is 0.428. The maximum Gasteiger partial charge on any atom is 2.00 e. The van der Waals surface area contributed by atoms with Crippen molar-refractivity contribution in [3.8, 4) is 0 Å². The Balaban J connectivity index is -0.0000000200. The van der Waals surface area contributed by atoms with E-state index in [0.29, 0.717) is 6.47 Å². The molecule has 0 aliphatic heterocycles. The zero-order valence-corrected chi connectivity index (χ0v) is 5.27. The van der Waals surface area contributed by atoms with Gasteiger partial charge in [0.1, 0.15) is 0 Å². The average Bonchev–Trinajstić information content (AvgIpc) is 0.918. The van der Waals surface area contributed by atoms with Crippen LogP contribution in [0, 0.1) is 0 Å². The van der Waals surface area contributed by atoms with Crippen molar-refractivity contribution in [3.05, 3.63) is 6.15 Å². The zero-order chi connectivity index (χ0) is 2.71. The Bertz CT molecular complexity index is 17.1. The quantitative estimate of drug-likeness (QED) is 0.624. The minimum Gasteiger partial charge on any atom is -0.693 e. The molecule has 0 aromatic carbocycles. The van der Waals surface area contributed by atoms with Gasteiger partial charge in [-0.2, -0.15) is 0 Å². The summed E-state index contributed by atoms with van der Waals surface area (Å²) >= 11 is 0. The smallest absolute Gasteiger partial charge is 0.693 e. The van der Waals surface area contributed by atoms with Gasteiger partial charge in [0, 0.05) is 0 Å². The molecule has 0 amide bonds. The van der Waals surface area contributed by atoms with Crippen LogP contribution >= 0.6 is 0 Å². The molecule has 0 rings (SSSR count). The van der Waals surface area contributed by atoms with E-state index < -0.39 is 0 Å². The first-order valence-electron chi connectivity index (χ1n) is 0.428. The van der Waals surface area contributed by atoms with Gasteiger partial charge in [0.25, 0.3) is 0 Å². The van der Waals surface area contributed by atoms with Gasteiger partial charge in [0.15, 0.2) is 0 Å². The van der Waals surface area contributed by atoms with Crippen LogP contribution in [-0.2, 0) is 25.9 Å². The third-order valence-electron chi connectivity index (χ3n) is 0. The molecule has 0 saturated heterocycles. The summed E-state index contributed by atoms with van der Waals surface area (Å²) in [6.07, 6.45) is 0. The summed E-state index contributed by atoms with van der Waals surface area (Å²) in [5.74, 6) is 0. The molecule has 0 heterocycles. The van der Waals surface area contributed by atoms with E-state index in [0.717, 1.165) is 0 Å². The standard InChI is InChI=1S/CHO2.H2N.W/c2-1-3;;/h(H,2,3);1H2;/q2*-1;+2. The van der Waals surface area contributed by atoms with Crippen LogP contribution in [-0.4, -0.2) is 11.6 Å². The summed E-state index contributed by atoms with van der Waals surface area (Å²) < 4.78 is 0. The van der Waals surface area contributed by atoms with Crippen molar-refractivity contribution in [3.63, 3.8) is 0 Å². The minimum absolute atomic E-state index is 0. The Hall–Kier alpha value is 0.118. The maximum absolute atomic E-state index is 8.24. The van der Waals surface area contributed by atoms with Gasteiger partial charge < -0.3 is 16.1 Å². The van der Waals surface area contributed by atoms with Crippen molar-refractivity contribution in [2.75, 3.05) is 0 Å². The van der Waals surface area contributed by atoms with E-state index in [-0.39, 0.29) is 27.2 Å². The van der Waals surface area contributed by atoms with Crippen molar-refractivity contribution in [2.24, 2.45) is 0 Å². The molecule has 5 heavy (non-hydrogen) atoms. The first-order chi connectivity index (χ1) is 1.41. The van der Waals surface area contributed by atoms with Gasteiger partial charge in [-0.15, -0.1) is 0 Å². The van der Waals surface area contributed by atoms with E-state index in [2.05, 4.69) is 0 Å². The number of nitrogens with two attached hydrogens (primary N) is 1. The SMILES string of the molecule is O=[C-]O.[NH2-].[W+2]. The molecule has 0 bridgehead atoms. The second-order valence-corrected chi connectivity index (χ2v) is 0.0913. The van der Waals surface area contributed by atoms with Gasteiger partial charge in [0.2, 0.25) is 0 Å². The molecular weight excluding hydrogens is 242 g/mol. The summed E-state index contributed by atoms with van der Waals surface area (Å²) in [6, 6.07) is 0. The van der Waals surface area contributed by atoms with E-state index in [1.165, 1.54) is 0 Å². The summed E-state index contributed by atoms with van der Waals surface area (Å²) in [5.41, 5.74) is 0. The molecule has 0 unspecified atom stereocenters. The number of aliphatic hydroxyl groups excluding tert-OH is 1. The van der Waals surface area contributed by atoms with E-state index in [4.69, 9.17) is 9.90 Å². The molecule has 0 fully saturated rings. The molecule has 0 saturated carbocycles. The molecule has 0 aliphatic carbocycles. The van der Waals surface area contributed by atoms with Crippen molar-refractivity contribution < 1.29 is 31.0 Å². The second-order valence-electron chi connectivity index (χ2n) is 0.0913. The molecule has 3 N–H and O–H groups in total. The molecule has 30 valence electrons. The number of rotatable bonds is 0. The fraction of sp³-hybridized carbons (Fsp3) is 0. The van der Waals surface area contributed by atoms with Crippen LogP contribution in [0.15, 0.2) is 0 Å². The van der Waals surface area contributed by atoms with Crippen LogP contribution in [0.25, 0.3) is 6.15 Å². The zero-order valence-electron chi connectivity index (χ0n) is 2.34. The Kier molecular flexibility index (Phi) is 124. The maximum atomic E-state index is 8.24. The molecule has 0 radical (unpaired) electrons. The minimum atomic E-state index is 0. The first kappa shape index (κ1) is 19.3. The van der Waals surface area contributed by atoms with Crippen molar-refractivity contribution >= 4 is 6.47 Å². The molecule has 0 spiro atoms. The van der Waals surface area contributed by atoms with Crippen LogP contribution in [0.1, 0.15) is 0 Å². The molecule has 0 atom stereocenters. The van der Waals surface area contributed by atoms with Gasteiger partial charge in [0.05, 0.1) is 0 Å². The number of hydrogen-bond acceptors (Lipinski definition) is 1. The third kappa shape index (κ3) is 1320. The van der Waals surface area contributed by atoms with Crippen LogP contribution in [0.4, 0.5) is 0 Å². The van der Waals surface area contributed by atoms with Gasteiger partial charge in [-0.05, 0) is 0 Å². The van der Waals surface area contributed by atoms with Gasteiger partial charge in [-0.25, -0.2) is 0 Å². The Morgan fingerprint density at radius 3 is 1.60 bits per heavy atom. The predicted molar refractivity (Wildman–Crippen MR) is 13.6 cm³/mol. The van der Waals surface area contributed by atoms with Crippen LogP contribution in [0.3, 0.4) is 0 Å². The molecule has 0 aromatic heterocycles.